The third-order valence-electron chi connectivity index (χ3n) is 3.34. The molecule has 2 rings (SSSR count). The number of aliphatic hydroxyl groups excluding tert-OH is 1. The minimum Gasteiger partial charge on any atom is -0.497 e. The number of benzene rings is 1. The molecule has 1 aliphatic heterocycles. The molecule has 1 fully saturated rings. The van der Waals surface area contributed by atoms with Crippen molar-refractivity contribution in [2.24, 2.45) is 0 Å². The van der Waals surface area contributed by atoms with Crippen molar-refractivity contribution in [3.63, 3.8) is 0 Å². The normalized spacial score (nSPS) is 18.8. The van der Waals surface area contributed by atoms with E-state index in [1.807, 2.05) is 0 Å². The molecule has 1 aromatic rings. The van der Waals surface area contributed by atoms with E-state index in [9.17, 15) is 9.90 Å². The van der Waals surface area contributed by atoms with Crippen LogP contribution in [0.3, 0.4) is 0 Å². The molecule has 0 saturated carbocycles. The van der Waals surface area contributed by atoms with Gasteiger partial charge in [0.05, 0.1) is 45.6 Å². The molecule has 0 bridgehead atoms. The first-order chi connectivity index (χ1) is 9.71. The van der Waals surface area contributed by atoms with Crippen molar-refractivity contribution in [2.75, 3.05) is 40.6 Å². The van der Waals surface area contributed by atoms with E-state index in [0.717, 1.165) is 0 Å². The maximum absolute atomic E-state index is 12.6. The highest BCUT2D eigenvalue weighted by atomic mass is 16.5. The van der Waals surface area contributed by atoms with Crippen LogP contribution in [0.2, 0.25) is 0 Å². The summed E-state index contributed by atoms with van der Waals surface area (Å²) in [5.41, 5.74) is 0.452. The number of carbonyl (C=O) groups excluding carboxylic acids is 1. The van der Waals surface area contributed by atoms with Crippen LogP contribution in [-0.4, -0.2) is 62.5 Å². The van der Waals surface area contributed by atoms with E-state index in [1.54, 1.807) is 30.2 Å². The average Bonchev–Trinajstić information content (AvgIpc) is 2.53. The number of hydrogen-bond acceptors (Lipinski definition) is 5. The lowest BCUT2D eigenvalue weighted by Gasteiger charge is -2.34. The molecule has 0 spiro atoms. The van der Waals surface area contributed by atoms with Crippen LogP contribution in [0, 0.1) is 0 Å². The van der Waals surface area contributed by atoms with Crippen molar-refractivity contribution in [3.05, 3.63) is 23.8 Å². The second-order valence-electron chi connectivity index (χ2n) is 4.48. The molecule has 1 heterocycles. The van der Waals surface area contributed by atoms with Gasteiger partial charge in [0.2, 0.25) is 0 Å². The summed E-state index contributed by atoms with van der Waals surface area (Å²) < 4.78 is 15.6. The van der Waals surface area contributed by atoms with Gasteiger partial charge in [0.15, 0.2) is 0 Å². The lowest BCUT2D eigenvalue weighted by molar-refractivity contribution is -0.0185. The number of hydrogen-bond donors (Lipinski definition) is 1. The number of methoxy groups -OCH3 is 2. The van der Waals surface area contributed by atoms with Crippen LogP contribution in [0.1, 0.15) is 10.4 Å². The largest absolute Gasteiger partial charge is 0.497 e. The number of ether oxygens (including phenoxy) is 3. The van der Waals surface area contributed by atoms with Gasteiger partial charge in [0.25, 0.3) is 5.91 Å². The van der Waals surface area contributed by atoms with Gasteiger partial charge < -0.3 is 24.2 Å². The number of carbonyl (C=O) groups is 1. The highest BCUT2D eigenvalue weighted by molar-refractivity contribution is 5.97. The highest BCUT2D eigenvalue weighted by Gasteiger charge is 2.29. The summed E-state index contributed by atoms with van der Waals surface area (Å²) in [4.78, 5) is 14.2. The fourth-order valence-electron chi connectivity index (χ4n) is 2.20. The summed E-state index contributed by atoms with van der Waals surface area (Å²) in [6.07, 6.45) is 0. The van der Waals surface area contributed by atoms with Crippen molar-refractivity contribution in [1.29, 1.82) is 0 Å². The first-order valence-electron chi connectivity index (χ1n) is 6.43. The van der Waals surface area contributed by atoms with Crippen LogP contribution >= 0.6 is 0 Å². The predicted molar refractivity (Wildman–Crippen MR) is 72.3 cm³/mol. The topological polar surface area (TPSA) is 68.2 Å². The molecule has 110 valence electrons. The molecule has 1 saturated heterocycles. The number of amides is 1. The van der Waals surface area contributed by atoms with Gasteiger partial charge in [0, 0.05) is 12.6 Å². The number of rotatable bonds is 4. The Morgan fingerprint density at radius 1 is 1.45 bits per heavy atom. The summed E-state index contributed by atoms with van der Waals surface area (Å²) in [6, 6.07) is 4.73. The first kappa shape index (κ1) is 14.6. The van der Waals surface area contributed by atoms with Gasteiger partial charge in [-0.25, -0.2) is 0 Å². The van der Waals surface area contributed by atoms with Gasteiger partial charge >= 0.3 is 0 Å². The fraction of sp³-hybridized carbons (Fsp3) is 0.500. The molecule has 1 aromatic carbocycles. The molecule has 1 N–H and O–H groups in total. The molecule has 6 nitrogen and oxygen atoms in total. The quantitative estimate of drug-likeness (QED) is 0.872. The molecule has 1 amide bonds. The maximum Gasteiger partial charge on any atom is 0.258 e. The minimum atomic E-state index is -0.317. The zero-order chi connectivity index (χ0) is 14.5. The molecule has 0 radical (unpaired) electrons. The summed E-state index contributed by atoms with van der Waals surface area (Å²) in [6.45, 7) is 1.16. The molecule has 20 heavy (non-hydrogen) atoms. The molecule has 1 unspecified atom stereocenters. The summed E-state index contributed by atoms with van der Waals surface area (Å²) in [5.74, 6) is 0.906. The lowest BCUT2D eigenvalue weighted by atomic mass is 10.1. The van der Waals surface area contributed by atoms with Crippen molar-refractivity contribution in [3.8, 4) is 11.5 Å². The summed E-state index contributed by atoms with van der Waals surface area (Å²) in [5, 5.41) is 9.34. The van der Waals surface area contributed by atoms with E-state index >= 15 is 0 Å². The standard InChI is InChI=1S/C14H19NO5/c1-18-11-3-4-12(13(7-11)19-2)14(17)15-5-6-20-9-10(15)8-16/h3-4,7,10,16H,5-6,8-9H2,1-2H3. The smallest absolute Gasteiger partial charge is 0.258 e. The second kappa shape index (κ2) is 6.58. The van der Waals surface area contributed by atoms with Crippen molar-refractivity contribution < 1.29 is 24.1 Å². The van der Waals surface area contributed by atoms with Crippen LogP contribution in [0.25, 0.3) is 0 Å². The lowest BCUT2D eigenvalue weighted by Crippen LogP contribution is -2.50. The van der Waals surface area contributed by atoms with E-state index in [-0.39, 0.29) is 18.6 Å². The second-order valence-corrected chi connectivity index (χ2v) is 4.48. The molecule has 6 heteroatoms. The van der Waals surface area contributed by atoms with Crippen LogP contribution in [0.4, 0.5) is 0 Å². The Morgan fingerprint density at radius 3 is 2.90 bits per heavy atom. The Bertz CT molecular complexity index is 477. The Kier molecular flexibility index (Phi) is 4.81. The number of nitrogens with zero attached hydrogens (tertiary/aromatic N) is 1. The van der Waals surface area contributed by atoms with Crippen molar-refractivity contribution in [2.45, 2.75) is 6.04 Å². The fourth-order valence-corrected chi connectivity index (χ4v) is 2.20. The Morgan fingerprint density at radius 2 is 2.25 bits per heavy atom. The van der Waals surface area contributed by atoms with E-state index in [1.165, 1.54) is 7.11 Å². The molecule has 1 atom stereocenters. The van der Waals surface area contributed by atoms with Gasteiger partial charge in [-0.1, -0.05) is 0 Å². The van der Waals surface area contributed by atoms with Crippen molar-refractivity contribution >= 4 is 5.91 Å². The number of morpholine rings is 1. The minimum absolute atomic E-state index is 0.121. The predicted octanol–water partition coefficient (Wildman–Crippen LogP) is 0.537. The summed E-state index contributed by atoms with van der Waals surface area (Å²) in [7, 11) is 3.06. The van der Waals surface area contributed by atoms with Crippen LogP contribution < -0.4 is 9.47 Å². The molecule has 1 aliphatic rings. The zero-order valence-electron chi connectivity index (χ0n) is 11.7. The monoisotopic (exact) mass is 281 g/mol. The van der Waals surface area contributed by atoms with E-state index in [4.69, 9.17) is 14.2 Å². The molecule has 0 aliphatic carbocycles. The van der Waals surface area contributed by atoms with Gasteiger partial charge in [0.1, 0.15) is 11.5 Å². The number of aliphatic hydroxyl groups is 1. The van der Waals surface area contributed by atoms with E-state index in [0.29, 0.717) is 36.8 Å². The molecular formula is C14H19NO5. The average molecular weight is 281 g/mol. The van der Waals surface area contributed by atoms with Crippen molar-refractivity contribution in [1.82, 2.24) is 4.90 Å². The molecule has 0 aromatic heterocycles. The third-order valence-corrected chi connectivity index (χ3v) is 3.34. The van der Waals surface area contributed by atoms with Gasteiger partial charge in [-0.05, 0) is 12.1 Å². The van der Waals surface area contributed by atoms with E-state index in [2.05, 4.69) is 0 Å². The maximum atomic E-state index is 12.6. The van der Waals surface area contributed by atoms with Gasteiger partial charge in [-0.15, -0.1) is 0 Å². The zero-order valence-corrected chi connectivity index (χ0v) is 11.7. The first-order valence-corrected chi connectivity index (χ1v) is 6.43. The van der Waals surface area contributed by atoms with E-state index < -0.39 is 0 Å². The SMILES string of the molecule is COc1ccc(C(=O)N2CCOCC2CO)c(OC)c1. The summed E-state index contributed by atoms with van der Waals surface area (Å²) >= 11 is 0. The highest BCUT2D eigenvalue weighted by Crippen LogP contribution is 2.26. The van der Waals surface area contributed by atoms with Crippen LogP contribution in [-0.2, 0) is 4.74 Å². The third kappa shape index (κ3) is 2.86. The molecular weight excluding hydrogens is 262 g/mol. The Hall–Kier alpha value is -1.79. The van der Waals surface area contributed by atoms with Crippen LogP contribution in [0.15, 0.2) is 18.2 Å². The Labute approximate surface area is 117 Å². The van der Waals surface area contributed by atoms with Crippen LogP contribution in [0.5, 0.6) is 11.5 Å². The van der Waals surface area contributed by atoms with Gasteiger partial charge in [-0.3, -0.25) is 4.79 Å². The van der Waals surface area contributed by atoms with Gasteiger partial charge in [-0.2, -0.15) is 0 Å². The Balaban J connectivity index is 2.27.